The fourth-order valence-corrected chi connectivity index (χ4v) is 2.27. The Morgan fingerprint density at radius 1 is 1.20 bits per heavy atom. The summed E-state index contributed by atoms with van der Waals surface area (Å²) in [5.41, 5.74) is 3.57. The van der Waals surface area contributed by atoms with Gasteiger partial charge in [-0.15, -0.1) is 5.10 Å². The molecule has 4 heteroatoms. The van der Waals surface area contributed by atoms with Crippen molar-refractivity contribution in [1.29, 1.82) is 0 Å². The monoisotopic (exact) mass is 272 g/mol. The third-order valence-electron chi connectivity index (χ3n) is 3.29. The lowest BCUT2D eigenvalue weighted by Gasteiger charge is -2.23. The third-order valence-corrected chi connectivity index (χ3v) is 3.29. The topological polar surface area (TPSA) is 42.7 Å². The Balaban J connectivity index is 2.35. The van der Waals surface area contributed by atoms with E-state index in [1.165, 1.54) is 5.56 Å². The van der Waals surface area contributed by atoms with Gasteiger partial charge in [-0.2, -0.15) is 0 Å². The highest BCUT2D eigenvalue weighted by molar-refractivity contribution is 5.45. The minimum atomic E-state index is 0.0800. The highest BCUT2D eigenvalue weighted by Crippen LogP contribution is 2.28. The van der Waals surface area contributed by atoms with E-state index in [0.717, 1.165) is 30.9 Å². The summed E-state index contributed by atoms with van der Waals surface area (Å²) < 4.78 is 1.95. The van der Waals surface area contributed by atoms with E-state index in [0.29, 0.717) is 0 Å². The largest absolute Gasteiger partial charge is 0.311 e. The standard InChI is InChI=1S/C16H24N4/c1-5-10-17-11-13-12-18-19-20(13)15-9-7-6-8-14(15)16(2,3)4/h6-9,12,17H,5,10-11H2,1-4H3. The number of para-hydroxylation sites is 1. The van der Waals surface area contributed by atoms with Crippen LogP contribution in [0.4, 0.5) is 0 Å². The Morgan fingerprint density at radius 3 is 2.65 bits per heavy atom. The summed E-state index contributed by atoms with van der Waals surface area (Å²) in [6.45, 7) is 10.6. The SMILES string of the molecule is CCCNCc1cnnn1-c1ccccc1C(C)(C)C. The number of nitrogens with one attached hydrogen (secondary N) is 1. The minimum absolute atomic E-state index is 0.0800. The normalized spacial score (nSPS) is 11.8. The molecule has 0 spiro atoms. The van der Waals surface area contributed by atoms with Crippen LogP contribution in [0.15, 0.2) is 30.5 Å². The molecule has 1 aromatic heterocycles. The van der Waals surface area contributed by atoms with Gasteiger partial charge in [-0.25, -0.2) is 4.68 Å². The Kier molecular flexibility index (Phi) is 4.55. The molecule has 0 atom stereocenters. The molecule has 0 aliphatic carbocycles. The minimum Gasteiger partial charge on any atom is -0.311 e. The maximum atomic E-state index is 4.27. The quantitative estimate of drug-likeness (QED) is 0.851. The zero-order chi connectivity index (χ0) is 14.6. The fourth-order valence-electron chi connectivity index (χ4n) is 2.27. The van der Waals surface area contributed by atoms with E-state index in [4.69, 9.17) is 0 Å². The molecule has 2 rings (SSSR count). The summed E-state index contributed by atoms with van der Waals surface area (Å²) in [5.74, 6) is 0. The van der Waals surface area contributed by atoms with Gasteiger partial charge in [-0.1, -0.05) is 51.1 Å². The highest BCUT2D eigenvalue weighted by atomic mass is 15.4. The molecule has 1 N–H and O–H groups in total. The Hall–Kier alpha value is -1.68. The second-order valence-corrected chi connectivity index (χ2v) is 6.08. The van der Waals surface area contributed by atoms with Crippen molar-refractivity contribution in [3.63, 3.8) is 0 Å². The van der Waals surface area contributed by atoms with E-state index in [1.54, 1.807) is 0 Å². The van der Waals surface area contributed by atoms with Gasteiger partial charge in [-0.05, 0) is 30.0 Å². The van der Waals surface area contributed by atoms with Crippen LogP contribution in [0, 0.1) is 0 Å². The fraction of sp³-hybridized carbons (Fsp3) is 0.500. The van der Waals surface area contributed by atoms with Crippen LogP contribution in [0.2, 0.25) is 0 Å². The molecule has 0 radical (unpaired) electrons. The van der Waals surface area contributed by atoms with Crippen molar-refractivity contribution in [2.24, 2.45) is 0 Å². The molecule has 0 aliphatic rings. The smallest absolute Gasteiger partial charge is 0.0783 e. The number of hydrogen-bond acceptors (Lipinski definition) is 3. The number of benzene rings is 1. The molecule has 2 aromatic rings. The Morgan fingerprint density at radius 2 is 1.95 bits per heavy atom. The summed E-state index contributed by atoms with van der Waals surface area (Å²) >= 11 is 0. The Labute approximate surface area is 121 Å². The van der Waals surface area contributed by atoms with Gasteiger partial charge >= 0.3 is 0 Å². The van der Waals surface area contributed by atoms with E-state index >= 15 is 0 Å². The van der Waals surface area contributed by atoms with Gasteiger partial charge in [0.15, 0.2) is 0 Å². The van der Waals surface area contributed by atoms with Crippen LogP contribution in [0.25, 0.3) is 5.69 Å². The van der Waals surface area contributed by atoms with Crippen molar-refractivity contribution in [3.05, 3.63) is 41.7 Å². The van der Waals surface area contributed by atoms with Crippen molar-refractivity contribution < 1.29 is 0 Å². The van der Waals surface area contributed by atoms with Crippen LogP contribution >= 0.6 is 0 Å². The van der Waals surface area contributed by atoms with Gasteiger partial charge in [0.2, 0.25) is 0 Å². The van der Waals surface area contributed by atoms with Crippen LogP contribution in [0.5, 0.6) is 0 Å². The summed E-state index contributed by atoms with van der Waals surface area (Å²) in [6, 6.07) is 8.41. The number of rotatable bonds is 5. The van der Waals surface area contributed by atoms with Crippen molar-refractivity contribution in [1.82, 2.24) is 20.3 Å². The zero-order valence-corrected chi connectivity index (χ0v) is 12.8. The predicted octanol–water partition coefficient (Wildman–Crippen LogP) is 3.06. The first-order valence-corrected chi connectivity index (χ1v) is 7.24. The van der Waals surface area contributed by atoms with Gasteiger partial charge < -0.3 is 5.32 Å². The number of hydrogen-bond donors (Lipinski definition) is 1. The van der Waals surface area contributed by atoms with Crippen molar-refractivity contribution in [2.45, 2.75) is 46.1 Å². The molecule has 108 valence electrons. The summed E-state index contributed by atoms with van der Waals surface area (Å²) in [4.78, 5) is 0. The third kappa shape index (κ3) is 3.25. The van der Waals surface area contributed by atoms with Crippen LogP contribution in [-0.2, 0) is 12.0 Å². The Bertz CT molecular complexity index is 552. The van der Waals surface area contributed by atoms with Gasteiger partial charge in [0, 0.05) is 6.54 Å². The molecule has 4 nitrogen and oxygen atoms in total. The van der Waals surface area contributed by atoms with Gasteiger partial charge in [0.1, 0.15) is 0 Å². The summed E-state index contributed by atoms with van der Waals surface area (Å²) in [5, 5.41) is 11.7. The van der Waals surface area contributed by atoms with E-state index in [-0.39, 0.29) is 5.41 Å². The van der Waals surface area contributed by atoms with E-state index in [9.17, 15) is 0 Å². The van der Waals surface area contributed by atoms with E-state index in [1.807, 2.05) is 10.9 Å². The van der Waals surface area contributed by atoms with Crippen molar-refractivity contribution in [3.8, 4) is 5.69 Å². The van der Waals surface area contributed by atoms with Crippen LogP contribution < -0.4 is 5.32 Å². The van der Waals surface area contributed by atoms with E-state index < -0.39 is 0 Å². The lowest BCUT2D eigenvalue weighted by atomic mass is 9.86. The van der Waals surface area contributed by atoms with E-state index in [2.05, 4.69) is 67.6 Å². The lowest BCUT2D eigenvalue weighted by Crippen LogP contribution is -2.20. The van der Waals surface area contributed by atoms with Gasteiger partial charge in [0.25, 0.3) is 0 Å². The zero-order valence-electron chi connectivity index (χ0n) is 12.8. The van der Waals surface area contributed by atoms with Crippen LogP contribution in [0.3, 0.4) is 0 Å². The molecule has 0 saturated carbocycles. The molecule has 0 unspecified atom stereocenters. The molecular weight excluding hydrogens is 248 g/mol. The first-order valence-electron chi connectivity index (χ1n) is 7.24. The van der Waals surface area contributed by atoms with Crippen molar-refractivity contribution in [2.75, 3.05) is 6.54 Å². The molecule has 1 heterocycles. The molecule has 0 amide bonds. The molecule has 0 bridgehead atoms. The molecule has 20 heavy (non-hydrogen) atoms. The van der Waals surface area contributed by atoms with Gasteiger partial charge in [0.05, 0.1) is 17.6 Å². The summed E-state index contributed by atoms with van der Waals surface area (Å²) in [6.07, 6.45) is 2.96. The number of nitrogens with zero attached hydrogens (tertiary/aromatic N) is 3. The molecule has 0 saturated heterocycles. The maximum absolute atomic E-state index is 4.27. The molecule has 0 fully saturated rings. The molecular formula is C16H24N4. The predicted molar refractivity (Wildman–Crippen MR) is 82.1 cm³/mol. The average molecular weight is 272 g/mol. The second-order valence-electron chi connectivity index (χ2n) is 6.08. The molecule has 1 aromatic carbocycles. The lowest BCUT2D eigenvalue weighted by molar-refractivity contribution is 0.576. The molecule has 0 aliphatic heterocycles. The maximum Gasteiger partial charge on any atom is 0.0783 e. The van der Waals surface area contributed by atoms with Gasteiger partial charge in [-0.3, -0.25) is 0 Å². The first kappa shape index (κ1) is 14.7. The van der Waals surface area contributed by atoms with Crippen molar-refractivity contribution >= 4 is 0 Å². The number of aromatic nitrogens is 3. The second kappa shape index (κ2) is 6.18. The van der Waals surface area contributed by atoms with Crippen LogP contribution in [0.1, 0.15) is 45.4 Å². The highest BCUT2D eigenvalue weighted by Gasteiger charge is 2.20. The summed E-state index contributed by atoms with van der Waals surface area (Å²) in [7, 11) is 0. The first-order chi connectivity index (χ1) is 9.54. The van der Waals surface area contributed by atoms with Crippen LogP contribution in [-0.4, -0.2) is 21.5 Å². The average Bonchev–Trinajstić information content (AvgIpc) is 2.86.